The highest BCUT2D eigenvalue weighted by molar-refractivity contribution is 7.71. The maximum atomic E-state index is 11.7. The monoisotopic (exact) mass is 511 g/mol. The number of nitrogens with zero attached hydrogens (tertiary/aromatic N) is 1. The second-order valence-corrected chi connectivity index (χ2v) is 11.2. The number of carbonyl (C=O) groups excluding carboxylic acids is 2. The first-order valence-electron chi connectivity index (χ1n) is 12.7. The molecule has 0 saturated heterocycles. The van der Waals surface area contributed by atoms with Gasteiger partial charge in [-0.2, -0.15) is 4.73 Å². The SMILES string of the molecule is CC(C)(C)C(=O)OCCCCCCOc1cccn(OCCCCCCOC(=O)C(C)(C)C)c1=S. The summed E-state index contributed by atoms with van der Waals surface area (Å²) in [6.45, 7) is 13.2. The molecule has 1 aromatic rings. The fourth-order valence-corrected chi connectivity index (χ4v) is 3.13. The fourth-order valence-electron chi connectivity index (χ4n) is 2.89. The molecule has 0 aliphatic carbocycles. The molecule has 8 heteroatoms. The van der Waals surface area contributed by atoms with Crippen molar-refractivity contribution < 1.29 is 28.6 Å². The van der Waals surface area contributed by atoms with Gasteiger partial charge in [-0.15, -0.1) is 0 Å². The zero-order valence-corrected chi connectivity index (χ0v) is 23.3. The van der Waals surface area contributed by atoms with Crippen LogP contribution in [0, 0.1) is 15.5 Å². The number of pyridine rings is 1. The summed E-state index contributed by atoms with van der Waals surface area (Å²) in [6.07, 6.45) is 9.26. The molecule has 0 spiro atoms. The summed E-state index contributed by atoms with van der Waals surface area (Å²) in [5.41, 5.74) is -0.898. The quantitative estimate of drug-likeness (QED) is 0.146. The Balaban J connectivity index is 2.16. The molecule has 0 radical (unpaired) electrons. The predicted molar refractivity (Wildman–Crippen MR) is 140 cm³/mol. The molecule has 7 nitrogen and oxygen atoms in total. The minimum atomic E-state index is -0.449. The van der Waals surface area contributed by atoms with Crippen molar-refractivity contribution >= 4 is 24.2 Å². The smallest absolute Gasteiger partial charge is 0.311 e. The van der Waals surface area contributed by atoms with E-state index >= 15 is 0 Å². The highest BCUT2D eigenvalue weighted by Gasteiger charge is 2.23. The van der Waals surface area contributed by atoms with E-state index < -0.39 is 10.8 Å². The average molecular weight is 512 g/mol. The zero-order chi connectivity index (χ0) is 26.3. The van der Waals surface area contributed by atoms with Gasteiger partial charge in [0.05, 0.1) is 30.7 Å². The summed E-state index contributed by atoms with van der Waals surface area (Å²) in [6, 6.07) is 3.71. The summed E-state index contributed by atoms with van der Waals surface area (Å²) in [5.74, 6) is 0.329. The highest BCUT2D eigenvalue weighted by Crippen LogP contribution is 2.17. The van der Waals surface area contributed by atoms with Crippen LogP contribution in [0.3, 0.4) is 0 Å². The van der Waals surface area contributed by atoms with Crippen molar-refractivity contribution in [1.82, 2.24) is 4.73 Å². The summed E-state index contributed by atoms with van der Waals surface area (Å²) in [4.78, 5) is 29.2. The van der Waals surface area contributed by atoms with E-state index in [0.29, 0.717) is 36.8 Å². The van der Waals surface area contributed by atoms with Gasteiger partial charge >= 0.3 is 11.9 Å². The van der Waals surface area contributed by atoms with Crippen molar-refractivity contribution in [3.63, 3.8) is 0 Å². The Kier molecular flexibility index (Phi) is 14.0. The lowest BCUT2D eigenvalue weighted by Gasteiger charge is -2.16. The number of hydrogen-bond donors (Lipinski definition) is 0. The Labute approximate surface area is 216 Å². The molecule has 0 N–H and O–H groups in total. The first kappa shape index (κ1) is 30.9. The number of esters is 2. The normalized spacial score (nSPS) is 11.7. The van der Waals surface area contributed by atoms with Crippen molar-refractivity contribution in [3.8, 4) is 5.75 Å². The van der Waals surface area contributed by atoms with Crippen molar-refractivity contribution in [1.29, 1.82) is 0 Å². The van der Waals surface area contributed by atoms with Gasteiger partial charge in [-0.3, -0.25) is 9.59 Å². The molecule has 1 aromatic heterocycles. The number of carbonyl (C=O) groups is 2. The van der Waals surface area contributed by atoms with E-state index in [0.717, 1.165) is 51.4 Å². The third-order valence-corrected chi connectivity index (χ3v) is 5.52. The molecule has 1 rings (SSSR count). The van der Waals surface area contributed by atoms with Crippen molar-refractivity contribution in [2.24, 2.45) is 10.8 Å². The fraction of sp³-hybridized carbons (Fsp3) is 0.741. The van der Waals surface area contributed by atoms with Gasteiger partial charge in [0, 0.05) is 6.20 Å². The van der Waals surface area contributed by atoms with Gasteiger partial charge in [0.15, 0.2) is 10.4 Å². The molecular formula is C27H45NO6S. The molecule has 0 bridgehead atoms. The Hall–Kier alpha value is -2.09. The molecular weight excluding hydrogens is 466 g/mol. The van der Waals surface area contributed by atoms with Crippen molar-refractivity contribution in [2.75, 3.05) is 26.4 Å². The summed E-state index contributed by atoms with van der Waals surface area (Å²) >= 11 is 5.49. The highest BCUT2D eigenvalue weighted by atomic mass is 32.1. The lowest BCUT2D eigenvalue weighted by Crippen LogP contribution is -2.23. The van der Waals surface area contributed by atoms with E-state index in [1.54, 1.807) is 10.9 Å². The standard InChI is InChI=1S/C27H45NO6S/c1-26(2,3)24(29)32-19-12-8-7-11-18-31-22-16-15-17-28(23(22)35)34-21-14-10-9-13-20-33-25(30)27(4,5)6/h15-17H,7-14,18-21H2,1-6H3. The van der Waals surface area contributed by atoms with E-state index in [1.807, 2.05) is 53.7 Å². The Morgan fingerprint density at radius 2 is 1.20 bits per heavy atom. The van der Waals surface area contributed by atoms with Gasteiger partial charge in [-0.1, -0.05) is 12.2 Å². The topological polar surface area (TPSA) is 76.0 Å². The van der Waals surface area contributed by atoms with Crippen LogP contribution in [0.1, 0.15) is 92.9 Å². The molecule has 0 aliphatic rings. The van der Waals surface area contributed by atoms with Crippen LogP contribution in [0.5, 0.6) is 5.75 Å². The largest absolute Gasteiger partial charge is 0.490 e. The van der Waals surface area contributed by atoms with Gasteiger partial charge in [0.1, 0.15) is 6.61 Å². The molecule has 1 heterocycles. The lowest BCUT2D eigenvalue weighted by molar-refractivity contribution is -0.153. The van der Waals surface area contributed by atoms with Gasteiger partial charge < -0.3 is 19.0 Å². The summed E-state index contributed by atoms with van der Waals surface area (Å²) in [7, 11) is 0. The van der Waals surface area contributed by atoms with Gasteiger partial charge in [-0.25, -0.2) is 0 Å². The van der Waals surface area contributed by atoms with Crippen LogP contribution < -0.4 is 9.57 Å². The van der Waals surface area contributed by atoms with E-state index in [9.17, 15) is 9.59 Å². The molecule has 0 unspecified atom stereocenters. The third kappa shape index (κ3) is 13.5. The second kappa shape index (κ2) is 15.8. The molecule has 0 atom stereocenters. The summed E-state index contributed by atoms with van der Waals surface area (Å²) in [5, 5.41) is 0. The number of aromatic nitrogens is 1. The van der Waals surface area contributed by atoms with Crippen LogP contribution in [0.2, 0.25) is 0 Å². The molecule has 0 aromatic carbocycles. The second-order valence-electron chi connectivity index (χ2n) is 10.8. The van der Waals surface area contributed by atoms with Gasteiger partial charge in [0.2, 0.25) is 0 Å². The number of hydrogen-bond acceptors (Lipinski definition) is 7. The maximum absolute atomic E-state index is 11.7. The molecule has 0 fully saturated rings. The van der Waals surface area contributed by atoms with Crippen molar-refractivity contribution in [2.45, 2.75) is 92.9 Å². The first-order valence-corrected chi connectivity index (χ1v) is 13.2. The minimum absolute atomic E-state index is 0.155. The number of rotatable bonds is 16. The molecule has 0 saturated carbocycles. The van der Waals surface area contributed by atoms with E-state index in [-0.39, 0.29) is 11.9 Å². The number of ether oxygens (including phenoxy) is 3. The van der Waals surface area contributed by atoms with E-state index in [2.05, 4.69) is 0 Å². The minimum Gasteiger partial charge on any atom is -0.490 e. The predicted octanol–water partition coefficient (Wildman–Crippen LogP) is 6.32. The Morgan fingerprint density at radius 1 is 0.743 bits per heavy atom. The zero-order valence-electron chi connectivity index (χ0n) is 22.5. The molecule has 0 amide bonds. The Bertz CT molecular complexity index is 759. The third-order valence-electron chi connectivity index (χ3n) is 5.14. The van der Waals surface area contributed by atoms with Gasteiger partial charge in [0.25, 0.3) is 0 Å². The van der Waals surface area contributed by atoms with E-state index in [4.69, 9.17) is 31.3 Å². The van der Waals surface area contributed by atoms with Crippen molar-refractivity contribution in [3.05, 3.63) is 23.0 Å². The lowest BCUT2D eigenvalue weighted by atomic mass is 9.97. The average Bonchev–Trinajstić information content (AvgIpc) is 2.77. The van der Waals surface area contributed by atoms with Crippen LogP contribution in [0.15, 0.2) is 18.3 Å². The first-order chi connectivity index (χ1) is 16.4. The molecule has 0 aliphatic heterocycles. The molecule has 35 heavy (non-hydrogen) atoms. The van der Waals surface area contributed by atoms with Crippen LogP contribution in [0.25, 0.3) is 0 Å². The molecule has 200 valence electrons. The van der Waals surface area contributed by atoms with Crippen LogP contribution >= 0.6 is 12.2 Å². The van der Waals surface area contributed by atoms with Crippen LogP contribution in [-0.2, 0) is 19.1 Å². The Morgan fingerprint density at radius 3 is 1.69 bits per heavy atom. The van der Waals surface area contributed by atoms with E-state index in [1.165, 1.54) is 0 Å². The maximum Gasteiger partial charge on any atom is 0.311 e. The summed E-state index contributed by atoms with van der Waals surface area (Å²) < 4.78 is 18.5. The van der Waals surface area contributed by atoms with Crippen LogP contribution in [0.4, 0.5) is 0 Å². The number of unbranched alkanes of at least 4 members (excludes halogenated alkanes) is 6. The van der Waals surface area contributed by atoms with Gasteiger partial charge in [-0.05, 0) is 105 Å². The van der Waals surface area contributed by atoms with Crippen LogP contribution in [-0.4, -0.2) is 43.1 Å².